The zero-order valence-electron chi connectivity index (χ0n) is 11.3. The quantitative estimate of drug-likeness (QED) is 0.779. The van der Waals surface area contributed by atoms with Gasteiger partial charge in [-0.1, -0.05) is 45.2 Å². The molecule has 0 spiro atoms. The van der Waals surface area contributed by atoms with Crippen LogP contribution >= 0.6 is 31.9 Å². The molecule has 0 saturated carbocycles. The van der Waals surface area contributed by atoms with Crippen LogP contribution in [0.5, 0.6) is 0 Å². The molecule has 0 aliphatic heterocycles. The van der Waals surface area contributed by atoms with Crippen molar-refractivity contribution in [3.8, 4) is 11.4 Å². The van der Waals surface area contributed by atoms with Crippen molar-refractivity contribution in [3.05, 3.63) is 27.1 Å². The maximum absolute atomic E-state index is 10.9. The lowest BCUT2D eigenvalue weighted by molar-refractivity contribution is -0.138. The summed E-state index contributed by atoms with van der Waals surface area (Å²) < 4.78 is 3.49. The van der Waals surface area contributed by atoms with E-state index in [9.17, 15) is 4.79 Å². The van der Waals surface area contributed by atoms with E-state index in [1.807, 2.05) is 25.1 Å². The summed E-state index contributed by atoms with van der Waals surface area (Å²) in [6.07, 6.45) is 0.867. The highest BCUT2D eigenvalue weighted by atomic mass is 79.9. The summed E-state index contributed by atoms with van der Waals surface area (Å²) in [4.78, 5) is 10.9. The third kappa shape index (κ3) is 4.34. The normalized spacial score (nSPS) is 12.3. The monoisotopic (exact) mass is 416 g/mol. The molecule has 1 N–H and O–H groups in total. The molecule has 2 aromatic rings. The standard InChI is InChI=1S/C13H14Br2N4O2/c1-2-8(3-12(20)21)7-19-13(16-17-18-19)9-4-10(14)6-11(15)5-9/h4-6,8H,2-3,7H2,1H3,(H,20,21). The molecule has 112 valence electrons. The smallest absolute Gasteiger partial charge is 0.303 e. The molecule has 1 unspecified atom stereocenters. The molecule has 0 fully saturated rings. The van der Waals surface area contributed by atoms with Gasteiger partial charge in [-0.15, -0.1) is 5.10 Å². The fourth-order valence-electron chi connectivity index (χ4n) is 2.05. The Morgan fingerprint density at radius 1 is 1.33 bits per heavy atom. The van der Waals surface area contributed by atoms with E-state index in [2.05, 4.69) is 47.4 Å². The van der Waals surface area contributed by atoms with Crippen LogP contribution in [0.4, 0.5) is 0 Å². The van der Waals surface area contributed by atoms with E-state index in [1.54, 1.807) is 4.68 Å². The highest BCUT2D eigenvalue weighted by Gasteiger charge is 2.17. The number of halogens is 2. The molecule has 0 aliphatic rings. The number of benzene rings is 1. The van der Waals surface area contributed by atoms with Gasteiger partial charge in [-0.05, 0) is 34.5 Å². The van der Waals surface area contributed by atoms with E-state index in [0.29, 0.717) is 12.4 Å². The lowest BCUT2D eigenvalue weighted by atomic mass is 10.0. The van der Waals surface area contributed by atoms with E-state index >= 15 is 0 Å². The number of rotatable bonds is 6. The van der Waals surface area contributed by atoms with Gasteiger partial charge < -0.3 is 5.11 Å². The van der Waals surface area contributed by atoms with Gasteiger partial charge in [0.25, 0.3) is 0 Å². The number of tetrazole rings is 1. The fourth-order valence-corrected chi connectivity index (χ4v) is 3.34. The summed E-state index contributed by atoms with van der Waals surface area (Å²) >= 11 is 6.87. The van der Waals surface area contributed by atoms with Gasteiger partial charge in [0.2, 0.25) is 0 Å². The molecule has 0 aliphatic carbocycles. The molecule has 2 rings (SSSR count). The van der Waals surface area contributed by atoms with Gasteiger partial charge in [0, 0.05) is 27.5 Å². The lowest BCUT2D eigenvalue weighted by Gasteiger charge is -2.13. The second kappa shape index (κ2) is 7.13. The number of aromatic nitrogens is 4. The maximum Gasteiger partial charge on any atom is 0.303 e. The Kier molecular flexibility index (Phi) is 5.46. The van der Waals surface area contributed by atoms with Crippen molar-refractivity contribution in [2.45, 2.75) is 26.3 Å². The Morgan fingerprint density at radius 2 is 2.00 bits per heavy atom. The Balaban J connectivity index is 2.27. The number of hydrogen-bond acceptors (Lipinski definition) is 4. The van der Waals surface area contributed by atoms with Gasteiger partial charge in [-0.25, -0.2) is 4.68 Å². The number of nitrogens with zero attached hydrogens (tertiary/aromatic N) is 4. The second-order valence-electron chi connectivity index (χ2n) is 4.71. The molecule has 21 heavy (non-hydrogen) atoms. The van der Waals surface area contributed by atoms with Crippen molar-refractivity contribution >= 4 is 37.8 Å². The molecule has 0 bridgehead atoms. The van der Waals surface area contributed by atoms with Crippen LogP contribution in [0.1, 0.15) is 19.8 Å². The maximum atomic E-state index is 10.9. The Labute approximate surface area is 138 Å². The van der Waals surface area contributed by atoms with Crippen LogP contribution in [-0.2, 0) is 11.3 Å². The number of aliphatic carboxylic acids is 1. The summed E-state index contributed by atoms with van der Waals surface area (Å²) in [5.41, 5.74) is 0.867. The predicted molar refractivity (Wildman–Crippen MR) is 84.7 cm³/mol. The van der Waals surface area contributed by atoms with Gasteiger partial charge in [-0.3, -0.25) is 4.79 Å². The van der Waals surface area contributed by atoms with E-state index in [0.717, 1.165) is 20.9 Å². The molecule has 6 nitrogen and oxygen atoms in total. The first-order chi connectivity index (χ1) is 9.99. The minimum atomic E-state index is -0.804. The van der Waals surface area contributed by atoms with Crippen molar-refractivity contribution in [2.75, 3.05) is 0 Å². The molecule has 0 amide bonds. The average Bonchev–Trinajstić information content (AvgIpc) is 2.84. The zero-order chi connectivity index (χ0) is 15.4. The number of carboxylic acids is 1. The Hall–Kier alpha value is -1.28. The SMILES string of the molecule is CCC(CC(=O)O)Cn1nnnc1-c1cc(Br)cc(Br)c1. The zero-order valence-corrected chi connectivity index (χ0v) is 14.5. The molecule has 0 radical (unpaired) electrons. The first-order valence-electron chi connectivity index (χ1n) is 6.44. The minimum absolute atomic E-state index is 0.000318. The van der Waals surface area contributed by atoms with E-state index in [4.69, 9.17) is 5.11 Å². The van der Waals surface area contributed by atoms with Gasteiger partial charge in [0.15, 0.2) is 5.82 Å². The molecule has 1 aromatic carbocycles. The van der Waals surface area contributed by atoms with Gasteiger partial charge in [-0.2, -0.15) is 0 Å². The highest BCUT2D eigenvalue weighted by molar-refractivity contribution is 9.11. The van der Waals surface area contributed by atoms with Crippen LogP contribution in [0.15, 0.2) is 27.1 Å². The highest BCUT2D eigenvalue weighted by Crippen LogP contribution is 2.26. The van der Waals surface area contributed by atoms with E-state index in [1.165, 1.54) is 0 Å². The molecule has 8 heteroatoms. The van der Waals surface area contributed by atoms with Crippen LogP contribution in [0.2, 0.25) is 0 Å². The van der Waals surface area contributed by atoms with Crippen molar-refractivity contribution in [1.82, 2.24) is 20.2 Å². The summed E-state index contributed by atoms with van der Waals surface area (Å²) in [6.45, 7) is 2.45. The molecule has 1 heterocycles. The predicted octanol–water partition coefficient (Wildman–Crippen LogP) is 3.37. The molecule has 0 saturated heterocycles. The first kappa shape index (κ1) is 16.1. The van der Waals surface area contributed by atoms with Crippen molar-refractivity contribution < 1.29 is 9.90 Å². The van der Waals surface area contributed by atoms with Crippen LogP contribution < -0.4 is 0 Å². The Bertz CT molecular complexity index is 625. The number of carbonyl (C=O) groups is 1. The topological polar surface area (TPSA) is 80.9 Å². The fraction of sp³-hybridized carbons (Fsp3) is 0.385. The number of hydrogen-bond donors (Lipinski definition) is 1. The third-order valence-corrected chi connectivity index (χ3v) is 4.04. The summed E-state index contributed by atoms with van der Waals surface area (Å²) in [6, 6.07) is 5.77. The van der Waals surface area contributed by atoms with Crippen LogP contribution in [0.25, 0.3) is 11.4 Å². The summed E-state index contributed by atoms with van der Waals surface area (Å²) in [5, 5.41) is 20.7. The lowest BCUT2D eigenvalue weighted by Crippen LogP contribution is -2.16. The van der Waals surface area contributed by atoms with Crippen molar-refractivity contribution in [1.29, 1.82) is 0 Å². The van der Waals surface area contributed by atoms with Gasteiger partial charge in [0.1, 0.15) is 0 Å². The average molecular weight is 418 g/mol. The van der Waals surface area contributed by atoms with E-state index in [-0.39, 0.29) is 12.3 Å². The third-order valence-electron chi connectivity index (χ3n) is 3.12. The minimum Gasteiger partial charge on any atom is -0.481 e. The Morgan fingerprint density at radius 3 is 2.57 bits per heavy atom. The summed E-state index contributed by atoms with van der Waals surface area (Å²) in [7, 11) is 0. The second-order valence-corrected chi connectivity index (χ2v) is 6.55. The largest absolute Gasteiger partial charge is 0.481 e. The summed E-state index contributed by atoms with van der Waals surface area (Å²) in [5.74, 6) is -0.178. The van der Waals surface area contributed by atoms with Crippen molar-refractivity contribution in [3.63, 3.8) is 0 Å². The van der Waals surface area contributed by atoms with Crippen LogP contribution in [0.3, 0.4) is 0 Å². The molecular weight excluding hydrogens is 404 g/mol. The number of carboxylic acid groups (broad SMARTS) is 1. The van der Waals surface area contributed by atoms with E-state index < -0.39 is 5.97 Å². The first-order valence-corrected chi connectivity index (χ1v) is 8.02. The van der Waals surface area contributed by atoms with Crippen LogP contribution in [0, 0.1) is 5.92 Å². The van der Waals surface area contributed by atoms with Crippen molar-refractivity contribution in [2.24, 2.45) is 5.92 Å². The molecule has 1 aromatic heterocycles. The van der Waals surface area contributed by atoms with Crippen LogP contribution in [-0.4, -0.2) is 31.3 Å². The molecular formula is C13H14Br2N4O2. The van der Waals surface area contributed by atoms with Gasteiger partial charge >= 0.3 is 5.97 Å². The van der Waals surface area contributed by atoms with Gasteiger partial charge in [0.05, 0.1) is 0 Å². The molecule has 1 atom stereocenters.